The summed E-state index contributed by atoms with van der Waals surface area (Å²) in [6.45, 7) is 14.1. The van der Waals surface area contributed by atoms with Gasteiger partial charge in [-0.1, -0.05) is 106 Å². The lowest BCUT2D eigenvalue weighted by Gasteiger charge is -2.54. The molecular formula is C32H58O2. The van der Waals surface area contributed by atoms with Crippen LogP contribution in [0.15, 0.2) is 0 Å². The van der Waals surface area contributed by atoms with Crippen molar-refractivity contribution in [3.63, 3.8) is 0 Å². The second-order valence-corrected chi connectivity index (χ2v) is 15.5. The fourth-order valence-electron chi connectivity index (χ4n) is 9.27. The molecule has 4 saturated carbocycles. The van der Waals surface area contributed by atoms with E-state index in [4.69, 9.17) is 0 Å². The zero-order chi connectivity index (χ0) is 24.7. The summed E-state index contributed by atoms with van der Waals surface area (Å²) in [5, 5.41) is 23.3. The van der Waals surface area contributed by atoms with Crippen molar-refractivity contribution < 1.29 is 10.2 Å². The molecule has 0 radical (unpaired) electrons. The van der Waals surface area contributed by atoms with Crippen molar-refractivity contribution in [3.8, 4) is 0 Å². The molecule has 2 heteroatoms. The van der Waals surface area contributed by atoms with E-state index in [2.05, 4.69) is 41.5 Å². The zero-order valence-electron chi connectivity index (χ0n) is 23.6. The van der Waals surface area contributed by atoms with E-state index < -0.39 is 0 Å². The van der Waals surface area contributed by atoms with Crippen molar-refractivity contribution in [3.05, 3.63) is 0 Å². The lowest BCUT2D eigenvalue weighted by molar-refractivity contribution is -0.115. The van der Waals surface area contributed by atoms with E-state index in [1.807, 2.05) is 0 Å². The average molecular weight is 475 g/mol. The lowest BCUT2D eigenvalue weighted by atomic mass is 9.53. The van der Waals surface area contributed by atoms with Gasteiger partial charge in [-0.15, -0.1) is 0 Å². The van der Waals surface area contributed by atoms with Crippen LogP contribution in [0.5, 0.6) is 0 Å². The zero-order valence-corrected chi connectivity index (χ0v) is 23.6. The third-order valence-corrected chi connectivity index (χ3v) is 11.4. The molecule has 2 N–H and O–H groups in total. The summed E-state index contributed by atoms with van der Waals surface area (Å²) in [6, 6.07) is 0. The molecule has 34 heavy (non-hydrogen) atoms. The van der Waals surface area contributed by atoms with Crippen molar-refractivity contribution in [2.75, 3.05) is 0 Å². The Balaban J connectivity index is 1.60. The highest BCUT2D eigenvalue weighted by Gasteiger charge is 2.51. The van der Waals surface area contributed by atoms with Crippen LogP contribution in [-0.4, -0.2) is 22.4 Å². The van der Waals surface area contributed by atoms with E-state index >= 15 is 0 Å². The molecule has 0 spiro atoms. The van der Waals surface area contributed by atoms with E-state index in [0.717, 1.165) is 17.8 Å². The summed E-state index contributed by atoms with van der Waals surface area (Å²) in [5.74, 6) is 4.77. The van der Waals surface area contributed by atoms with Gasteiger partial charge in [0.05, 0.1) is 12.2 Å². The van der Waals surface area contributed by atoms with Crippen molar-refractivity contribution in [1.82, 2.24) is 0 Å². The van der Waals surface area contributed by atoms with Crippen LogP contribution >= 0.6 is 0 Å². The largest absolute Gasteiger partial charge is 0.393 e. The van der Waals surface area contributed by atoms with Gasteiger partial charge in [-0.25, -0.2) is 0 Å². The van der Waals surface area contributed by atoms with Crippen molar-refractivity contribution in [1.29, 1.82) is 0 Å². The number of aliphatic hydroxyl groups excluding tert-OH is 2. The molecule has 198 valence electrons. The highest BCUT2D eigenvalue weighted by Crippen LogP contribution is 2.55. The highest BCUT2D eigenvalue weighted by molar-refractivity contribution is 5.00. The smallest absolute Gasteiger partial charge is 0.0606 e. The maximum Gasteiger partial charge on any atom is 0.0606 e. The SMILES string of the molecule is CC(C)(C)C1CC(C2CC(C3CCCCC3)C(O)C(C3CCCCC3)C2)CC(C(C)(C)C)C1O. The lowest BCUT2D eigenvalue weighted by Crippen LogP contribution is -2.51. The van der Waals surface area contributed by atoms with Gasteiger partial charge in [0, 0.05) is 0 Å². The van der Waals surface area contributed by atoms with Crippen molar-refractivity contribution in [2.24, 2.45) is 58.2 Å². The molecule has 4 atom stereocenters. The van der Waals surface area contributed by atoms with Gasteiger partial charge in [0.15, 0.2) is 0 Å². The first-order valence-corrected chi connectivity index (χ1v) is 15.3. The Hall–Kier alpha value is -0.0800. The molecule has 0 heterocycles. The Kier molecular flexibility index (Phi) is 8.51. The summed E-state index contributed by atoms with van der Waals surface area (Å²) in [7, 11) is 0. The molecule has 4 fully saturated rings. The van der Waals surface area contributed by atoms with E-state index in [-0.39, 0.29) is 23.0 Å². The predicted molar refractivity (Wildman–Crippen MR) is 143 cm³/mol. The summed E-state index contributed by atoms with van der Waals surface area (Å²) in [5.41, 5.74) is 0.280. The van der Waals surface area contributed by atoms with Gasteiger partial charge in [0.25, 0.3) is 0 Å². The molecule has 0 aromatic heterocycles. The number of rotatable bonds is 3. The molecular weight excluding hydrogens is 416 g/mol. The first kappa shape index (κ1) is 27.0. The van der Waals surface area contributed by atoms with Gasteiger partial charge in [-0.05, 0) is 83.9 Å². The first-order chi connectivity index (χ1) is 16.0. The van der Waals surface area contributed by atoms with Crippen LogP contribution < -0.4 is 0 Å². The third kappa shape index (κ3) is 5.90. The molecule has 0 saturated heterocycles. The van der Waals surface area contributed by atoms with E-state index in [1.165, 1.54) is 89.9 Å². The Morgan fingerprint density at radius 3 is 1.15 bits per heavy atom. The van der Waals surface area contributed by atoms with Crippen LogP contribution in [0, 0.1) is 58.2 Å². The molecule has 2 nitrogen and oxygen atoms in total. The summed E-state index contributed by atoms with van der Waals surface area (Å²) >= 11 is 0. The van der Waals surface area contributed by atoms with Gasteiger partial charge in [0.2, 0.25) is 0 Å². The van der Waals surface area contributed by atoms with Crippen LogP contribution in [0.3, 0.4) is 0 Å². The van der Waals surface area contributed by atoms with Gasteiger partial charge >= 0.3 is 0 Å². The molecule has 0 aromatic rings. The summed E-state index contributed by atoms with van der Waals surface area (Å²) in [4.78, 5) is 0. The summed E-state index contributed by atoms with van der Waals surface area (Å²) < 4.78 is 0. The predicted octanol–water partition coefficient (Wildman–Crippen LogP) is 8.25. The van der Waals surface area contributed by atoms with Gasteiger partial charge < -0.3 is 10.2 Å². The quantitative estimate of drug-likeness (QED) is 0.432. The molecule has 0 amide bonds. The van der Waals surface area contributed by atoms with Crippen LogP contribution in [0.25, 0.3) is 0 Å². The molecule has 0 aliphatic heterocycles. The molecule has 4 aliphatic rings. The second kappa shape index (κ2) is 10.7. The second-order valence-electron chi connectivity index (χ2n) is 15.5. The molecule has 4 aliphatic carbocycles. The monoisotopic (exact) mass is 474 g/mol. The van der Waals surface area contributed by atoms with Crippen LogP contribution in [-0.2, 0) is 0 Å². The third-order valence-electron chi connectivity index (χ3n) is 11.4. The van der Waals surface area contributed by atoms with Crippen LogP contribution in [0.1, 0.15) is 131 Å². The molecule has 4 rings (SSSR count). The molecule has 4 unspecified atom stereocenters. The van der Waals surface area contributed by atoms with E-state index in [0.29, 0.717) is 29.6 Å². The Bertz CT molecular complexity index is 578. The Morgan fingerprint density at radius 1 is 0.441 bits per heavy atom. The Morgan fingerprint density at radius 2 is 0.794 bits per heavy atom. The molecule has 0 bridgehead atoms. The summed E-state index contributed by atoms with van der Waals surface area (Å²) in [6.07, 6.45) is 18.3. The van der Waals surface area contributed by atoms with Gasteiger partial charge in [-0.3, -0.25) is 0 Å². The van der Waals surface area contributed by atoms with Crippen LogP contribution in [0.4, 0.5) is 0 Å². The van der Waals surface area contributed by atoms with E-state index in [9.17, 15) is 10.2 Å². The maximum absolute atomic E-state index is 11.8. The van der Waals surface area contributed by atoms with E-state index in [1.54, 1.807) is 0 Å². The maximum atomic E-state index is 11.8. The van der Waals surface area contributed by atoms with Crippen LogP contribution in [0.2, 0.25) is 0 Å². The minimum atomic E-state index is -0.186. The fraction of sp³-hybridized carbons (Fsp3) is 1.00. The minimum Gasteiger partial charge on any atom is -0.393 e. The topological polar surface area (TPSA) is 40.5 Å². The minimum absolute atomic E-state index is 0.0616. The van der Waals surface area contributed by atoms with Gasteiger partial charge in [0.1, 0.15) is 0 Å². The normalized spacial score (nSPS) is 42.0. The standard InChI is InChI=1S/C32H58O2/c1-31(2,3)27-19-24(20-28(30(27)34)32(4,5)6)23-17-25(21-13-9-7-10-14-21)29(33)26(18-23)22-15-11-8-12-16-22/h21-30,33-34H,7-20H2,1-6H3. The number of hydrogen-bond donors (Lipinski definition) is 2. The van der Waals surface area contributed by atoms with Crippen molar-refractivity contribution >= 4 is 0 Å². The Labute approximate surface area is 212 Å². The highest BCUT2D eigenvalue weighted by atomic mass is 16.3. The fourth-order valence-corrected chi connectivity index (χ4v) is 9.27. The first-order valence-electron chi connectivity index (χ1n) is 15.3. The average Bonchev–Trinajstić information content (AvgIpc) is 2.79. The molecule has 0 aromatic carbocycles. The number of aliphatic hydroxyl groups is 2. The van der Waals surface area contributed by atoms with Crippen molar-refractivity contribution in [2.45, 2.75) is 144 Å². The van der Waals surface area contributed by atoms with Gasteiger partial charge in [-0.2, -0.15) is 0 Å². The number of hydrogen-bond acceptors (Lipinski definition) is 2.